The Morgan fingerprint density at radius 3 is 2.81 bits per heavy atom. The molecule has 1 aromatic heterocycles. The second-order valence-electron chi connectivity index (χ2n) is 7.71. The smallest absolute Gasteiger partial charge is 0.258 e. The summed E-state index contributed by atoms with van der Waals surface area (Å²) >= 11 is 0. The Kier molecular flexibility index (Phi) is 6.44. The summed E-state index contributed by atoms with van der Waals surface area (Å²) in [5.74, 6) is -0.160. The first-order valence-electron chi connectivity index (χ1n) is 10.4. The molecule has 0 fully saturated rings. The lowest BCUT2D eigenvalue weighted by atomic mass is 9.88. The largest absolute Gasteiger partial charge is 0.484 e. The van der Waals surface area contributed by atoms with Gasteiger partial charge in [0.1, 0.15) is 11.6 Å². The molecule has 0 bridgehead atoms. The van der Waals surface area contributed by atoms with Crippen LogP contribution in [0.25, 0.3) is 0 Å². The lowest BCUT2D eigenvalue weighted by Crippen LogP contribution is -2.39. The molecular formula is C25H24FN3O3. The number of nitrogens with one attached hydrogen (secondary N) is 1. The van der Waals surface area contributed by atoms with Crippen LogP contribution in [0.4, 0.5) is 4.39 Å². The number of hydrogen-bond donors (Lipinski definition) is 1. The number of benzene rings is 2. The molecule has 32 heavy (non-hydrogen) atoms. The molecule has 1 aliphatic rings. The van der Waals surface area contributed by atoms with Crippen molar-refractivity contribution in [1.82, 2.24) is 15.2 Å². The molecule has 0 spiro atoms. The predicted octanol–water partition coefficient (Wildman–Crippen LogP) is 3.41. The molecule has 2 aromatic carbocycles. The lowest BCUT2D eigenvalue weighted by molar-refractivity contribution is -0.130. The van der Waals surface area contributed by atoms with E-state index in [1.165, 1.54) is 19.1 Å². The number of carbonyl (C=O) groups excluding carboxylic acids is 2. The number of hydrogen-bond acceptors (Lipinski definition) is 4. The molecule has 1 N–H and O–H groups in total. The Hall–Kier alpha value is -3.74. The molecule has 0 radical (unpaired) electrons. The molecule has 0 saturated carbocycles. The molecular weight excluding hydrogens is 409 g/mol. The zero-order valence-electron chi connectivity index (χ0n) is 17.8. The van der Waals surface area contributed by atoms with Gasteiger partial charge in [-0.1, -0.05) is 24.3 Å². The monoisotopic (exact) mass is 433 g/mol. The first kappa shape index (κ1) is 21.5. The number of rotatable bonds is 6. The summed E-state index contributed by atoms with van der Waals surface area (Å²) in [7, 11) is 0. The Morgan fingerprint density at radius 1 is 1.19 bits per heavy atom. The van der Waals surface area contributed by atoms with Crippen LogP contribution in [0.1, 0.15) is 35.2 Å². The third-order valence-electron chi connectivity index (χ3n) is 5.50. The molecule has 0 aliphatic carbocycles. The fourth-order valence-corrected chi connectivity index (χ4v) is 3.96. The van der Waals surface area contributed by atoms with Gasteiger partial charge in [-0.3, -0.25) is 14.6 Å². The van der Waals surface area contributed by atoms with Crippen LogP contribution < -0.4 is 10.1 Å². The maximum Gasteiger partial charge on any atom is 0.258 e. The number of ether oxygens (including phenoxy) is 1. The Bertz CT molecular complexity index is 1120. The zero-order chi connectivity index (χ0) is 22.5. The normalized spacial score (nSPS) is 15.1. The highest BCUT2D eigenvalue weighted by molar-refractivity contribution is 5.77. The van der Waals surface area contributed by atoms with Gasteiger partial charge in [-0.15, -0.1) is 0 Å². The highest BCUT2D eigenvalue weighted by Gasteiger charge is 2.31. The molecule has 7 heteroatoms. The first-order chi connectivity index (χ1) is 15.5. The van der Waals surface area contributed by atoms with Crippen LogP contribution in [0.15, 0.2) is 67.0 Å². The fourth-order valence-electron chi connectivity index (χ4n) is 3.96. The van der Waals surface area contributed by atoms with E-state index in [4.69, 9.17) is 4.74 Å². The second-order valence-corrected chi connectivity index (χ2v) is 7.71. The van der Waals surface area contributed by atoms with Crippen molar-refractivity contribution in [3.63, 3.8) is 0 Å². The Balaban J connectivity index is 1.50. The van der Waals surface area contributed by atoms with Crippen LogP contribution in [0, 0.1) is 5.82 Å². The van der Waals surface area contributed by atoms with Gasteiger partial charge >= 0.3 is 0 Å². The van der Waals surface area contributed by atoms with Crippen LogP contribution in [-0.4, -0.2) is 34.8 Å². The summed E-state index contributed by atoms with van der Waals surface area (Å²) in [5, 5.41) is 2.80. The summed E-state index contributed by atoms with van der Waals surface area (Å²) in [5.41, 5.74) is 3.56. The van der Waals surface area contributed by atoms with Crippen molar-refractivity contribution < 1.29 is 18.7 Å². The van der Waals surface area contributed by atoms with Crippen molar-refractivity contribution in [2.75, 3.05) is 13.2 Å². The first-order valence-corrected chi connectivity index (χ1v) is 10.4. The Labute approximate surface area is 186 Å². The summed E-state index contributed by atoms with van der Waals surface area (Å²) in [6.07, 6.45) is 4.07. The maximum atomic E-state index is 13.9. The predicted molar refractivity (Wildman–Crippen MR) is 117 cm³/mol. The fraction of sp³-hybridized carbons (Fsp3) is 0.240. The number of fused-ring (bicyclic) bond motifs is 1. The summed E-state index contributed by atoms with van der Waals surface area (Å²) < 4.78 is 19.7. The molecule has 6 nitrogen and oxygen atoms in total. The van der Waals surface area contributed by atoms with Crippen LogP contribution in [0.2, 0.25) is 0 Å². The third-order valence-corrected chi connectivity index (χ3v) is 5.50. The number of pyridine rings is 1. The molecule has 3 aromatic rings. The highest BCUT2D eigenvalue weighted by Crippen LogP contribution is 2.37. The topological polar surface area (TPSA) is 71.5 Å². The molecule has 1 unspecified atom stereocenters. The minimum atomic E-state index is -0.407. The number of carbonyl (C=O) groups is 2. The van der Waals surface area contributed by atoms with E-state index in [9.17, 15) is 14.0 Å². The summed E-state index contributed by atoms with van der Waals surface area (Å²) in [6, 6.07) is 15.2. The van der Waals surface area contributed by atoms with Gasteiger partial charge in [0, 0.05) is 32.4 Å². The van der Waals surface area contributed by atoms with Gasteiger partial charge < -0.3 is 15.0 Å². The van der Waals surface area contributed by atoms with E-state index >= 15 is 0 Å². The zero-order valence-corrected chi connectivity index (χ0v) is 17.8. The lowest BCUT2D eigenvalue weighted by Gasteiger charge is -2.37. The SMILES string of the molecule is CC(=O)N1CCc2ccc(OCC(=O)NCc3cccnc3)cc2C1c1cccc(F)c1. The molecule has 2 heterocycles. The number of amides is 2. The van der Waals surface area contributed by atoms with Crippen LogP contribution >= 0.6 is 0 Å². The van der Waals surface area contributed by atoms with Gasteiger partial charge in [0.2, 0.25) is 5.91 Å². The minimum absolute atomic E-state index is 0.0778. The summed E-state index contributed by atoms with van der Waals surface area (Å²) in [6.45, 7) is 2.31. The second kappa shape index (κ2) is 9.60. The highest BCUT2D eigenvalue weighted by atomic mass is 19.1. The number of nitrogens with zero attached hydrogens (tertiary/aromatic N) is 2. The van der Waals surface area contributed by atoms with Crippen molar-refractivity contribution in [3.8, 4) is 5.75 Å². The van der Waals surface area contributed by atoms with E-state index < -0.39 is 6.04 Å². The van der Waals surface area contributed by atoms with Crippen molar-refractivity contribution >= 4 is 11.8 Å². The standard InChI is InChI=1S/C25H24FN3O3/c1-17(30)29-11-9-19-7-8-22(13-23(19)25(29)20-5-2-6-21(26)12-20)32-16-24(31)28-15-18-4-3-10-27-14-18/h2-8,10,12-14,25H,9,11,15-16H2,1H3,(H,28,31). The maximum absolute atomic E-state index is 13.9. The van der Waals surface area contributed by atoms with Crippen molar-refractivity contribution in [1.29, 1.82) is 0 Å². The number of halogens is 1. The summed E-state index contributed by atoms with van der Waals surface area (Å²) in [4.78, 5) is 30.3. The van der Waals surface area contributed by atoms with E-state index in [1.807, 2.05) is 36.4 Å². The third kappa shape index (κ3) is 4.94. The van der Waals surface area contributed by atoms with Crippen molar-refractivity contribution in [2.45, 2.75) is 25.9 Å². The van der Waals surface area contributed by atoms with E-state index in [1.54, 1.807) is 23.4 Å². The van der Waals surface area contributed by atoms with Crippen LogP contribution in [0.5, 0.6) is 5.75 Å². The van der Waals surface area contributed by atoms with E-state index in [2.05, 4.69) is 10.3 Å². The van der Waals surface area contributed by atoms with Gasteiger partial charge in [-0.05, 0) is 59.0 Å². The van der Waals surface area contributed by atoms with Crippen molar-refractivity contribution in [2.24, 2.45) is 0 Å². The average Bonchev–Trinajstić information content (AvgIpc) is 2.81. The van der Waals surface area contributed by atoms with E-state index in [-0.39, 0.29) is 24.2 Å². The van der Waals surface area contributed by atoms with Gasteiger partial charge in [0.15, 0.2) is 6.61 Å². The van der Waals surface area contributed by atoms with Gasteiger partial charge in [0.05, 0.1) is 6.04 Å². The average molecular weight is 433 g/mol. The molecule has 4 rings (SSSR count). The molecule has 1 aliphatic heterocycles. The molecule has 0 saturated heterocycles. The van der Waals surface area contributed by atoms with E-state index in [0.29, 0.717) is 30.8 Å². The molecule has 1 atom stereocenters. The number of aromatic nitrogens is 1. The molecule has 164 valence electrons. The van der Waals surface area contributed by atoms with E-state index in [0.717, 1.165) is 16.7 Å². The van der Waals surface area contributed by atoms with Gasteiger partial charge in [-0.25, -0.2) is 4.39 Å². The van der Waals surface area contributed by atoms with Gasteiger partial charge in [-0.2, -0.15) is 0 Å². The quantitative estimate of drug-likeness (QED) is 0.647. The van der Waals surface area contributed by atoms with Gasteiger partial charge in [0.25, 0.3) is 5.91 Å². The van der Waals surface area contributed by atoms with Crippen molar-refractivity contribution in [3.05, 3.63) is 95.1 Å². The minimum Gasteiger partial charge on any atom is -0.484 e. The molecule has 2 amide bonds. The Morgan fingerprint density at radius 2 is 2.06 bits per heavy atom. The van der Waals surface area contributed by atoms with Crippen LogP contribution in [-0.2, 0) is 22.6 Å². The van der Waals surface area contributed by atoms with Crippen LogP contribution in [0.3, 0.4) is 0 Å².